The third-order valence-electron chi connectivity index (χ3n) is 4.31. The van der Waals surface area contributed by atoms with Crippen LogP contribution in [0.15, 0.2) is 23.2 Å². The Morgan fingerprint density at radius 2 is 2.13 bits per heavy atom. The van der Waals surface area contributed by atoms with Crippen LogP contribution < -0.4 is 10.6 Å². The minimum Gasteiger partial charge on any atom is -0.355 e. The van der Waals surface area contributed by atoms with Crippen LogP contribution in [-0.4, -0.2) is 43.6 Å². The Labute approximate surface area is 137 Å². The highest BCUT2D eigenvalue weighted by Crippen LogP contribution is 2.15. The lowest BCUT2D eigenvalue weighted by Crippen LogP contribution is -2.45. The van der Waals surface area contributed by atoms with Crippen molar-refractivity contribution >= 4 is 5.96 Å². The van der Waals surface area contributed by atoms with Gasteiger partial charge in [0.2, 0.25) is 0 Å². The van der Waals surface area contributed by atoms with Gasteiger partial charge in [-0.3, -0.25) is 9.89 Å². The number of halogens is 2. The molecule has 1 aromatic carbocycles. The second-order valence-electron chi connectivity index (χ2n) is 5.97. The fourth-order valence-corrected chi connectivity index (χ4v) is 2.89. The van der Waals surface area contributed by atoms with Crippen LogP contribution in [0.2, 0.25) is 0 Å². The molecule has 1 saturated heterocycles. The summed E-state index contributed by atoms with van der Waals surface area (Å²) in [6.45, 7) is 5.33. The van der Waals surface area contributed by atoms with Crippen LogP contribution in [0.3, 0.4) is 0 Å². The van der Waals surface area contributed by atoms with E-state index in [1.165, 1.54) is 25.3 Å². The molecule has 1 fully saturated rings. The molecule has 1 atom stereocenters. The van der Waals surface area contributed by atoms with Gasteiger partial charge in [-0.15, -0.1) is 0 Å². The number of benzene rings is 1. The Morgan fingerprint density at radius 1 is 1.30 bits per heavy atom. The number of piperidine rings is 1. The van der Waals surface area contributed by atoms with Gasteiger partial charge in [0.15, 0.2) is 5.96 Å². The van der Waals surface area contributed by atoms with Gasteiger partial charge < -0.3 is 10.6 Å². The van der Waals surface area contributed by atoms with E-state index in [0.29, 0.717) is 12.0 Å². The van der Waals surface area contributed by atoms with Crippen molar-refractivity contribution in [3.05, 3.63) is 35.4 Å². The van der Waals surface area contributed by atoms with E-state index < -0.39 is 11.6 Å². The number of likely N-dealkylation sites (tertiary alicyclic amines) is 1. The van der Waals surface area contributed by atoms with Crippen molar-refractivity contribution in [2.75, 3.05) is 26.7 Å². The van der Waals surface area contributed by atoms with Gasteiger partial charge in [-0.05, 0) is 44.5 Å². The highest BCUT2D eigenvalue weighted by Gasteiger charge is 2.17. The third kappa shape index (κ3) is 5.46. The molecule has 23 heavy (non-hydrogen) atoms. The lowest BCUT2D eigenvalue weighted by Gasteiger charge is -2.33. The van der Waals surface area contributed by atoms with E-state index in [2.05, 4.69) is 27.4 Å². The lowest BCUT2D eigenvalue weighted by atomic mass is 10.0. The van der Waals surface area contributed by atoms with Crippen molar-refractivity contribution in [2.24, 2.45) is 4.99 Å². The number of guanidine groups is 1. The Kier molecular flexibility index (Phi) is 6.77. The van der Waals surface area contributed by atoms with E-state index in [0.717, 1.165) is 31.8 Å². The molecule has 0 aromatic heterocycles. The standard InChI is InChI=1S/C17H26F2N4/c1-13-5-3-4-9-23(13)10-8-21-17(20-2)22-12-14-11-15(18)6-7-16(14)19/h6-7,11,13H,3-5,8-10,12H2,1-2H3,(H2,20,21,22). The summed E-state index contributed by atoms with van der Waals surface area (Å²) >= 11 is 0. The molecule has 6 heteroatoms. The maximum absolute atomic E-state index is 13.6. The maximum Gasteiger partial charge on any atom is 0.191 e. The minimum atomic E-state index is -0.440. The van der Waals surface area contributed by atoms with Crippen LogP contribution in [0.25, 0.3) is 0 Å². The number of rotatable bonds is 5. The van der Waals surface area contributed by atoms with Crippen molar-refractivity contribution in [1.29, 1.82) is 0 Å². The maximum atomic E-state index is 13.6. The number of nitrogens with one attached hydrogen (secondary N) is 2. The fraction of sp³-hybridized carbons (Fsp3) is 0.588. The summed E-state index contributed by atoms with van der Waals surface area (Å²) < 4.78 is 26.7. The summed E-state index contributed by atoms with van der Waals surface area (Å²) in [5.41, 5.74) is 0.289. The first-order chi connectivity index (χ1) is 11.1. The number of hydrogen-bond acceptors (Lipinski definition) is 2. The van der Waals surface area contributed by atoms with Crippen LogP contribution in [0.5, 0.6) is 0 Å². The number of nitrogens with zero attached hydrogens (tertiary/aromatic N) is 2. The van der Waals surface area contributed by atoms with E-state index in [9.17, 15) is 8.78 Å². The predicted octanol–water partition coefficient (Wildman–Crippen LogP) is 2.50. The zero-order valence-corrected chi connectivity index (χ0v) is 13.9. The SMILES string of the molecule is CN=C(NCCN1CCCCC1C)NCc1cc(F)ccc1F. The minimum absolute atomic E-state index is 0.198. The Bertz CT molecular complexity index is 533. The molecule has 0 saturated carbocycles. The average molecular weight is 324 g/mol. The van der Waals surface area contributed by atoms with Crippen LogP contribution >= 0.6 is 0 Å². The monoisotopic (exact) mass is 324 g/mol. The fourth-order valence-electron chi connectivity index (χ4n) is 2.89. The van der Waals surface area contributed by atoms with Gasteiger partial charge in [-0.25, -0.2) is 8.78 Å². The Balaban J connectivity index is 1.76. The van der Waals surface area contributed by atoms with Gasteiger partial charge in [-0.2, -0.15) is 0 Å². The smallest absolute Gasteiger partial charge is 0.191 e. The van der Waals surface area contributed by atoms with Crippen LogP contribution in [-0.2, 0) is 6.54 Å². The third-order valence-corrected chi connectivity index (χ3v) is 4.31. The largest absolute Gasteiger partial charge is 0.355 e. The summed E-state index contributed by atoms with van der Waals surface area (Å²) in [5.74, 6) is -0.264. The molecular weight excluding hydrogens is 298 g/mol. The highest BCUT2D eigenvalue weighted by molar-refractivity contribution is 5.79. The lowest BCUT2D eigenvalue weighted by molar-refractivity contribution is 0.163. The highest BCUT2D eigenvalue weighted by atomic mass is 19.1. The average Bonchev–Trinajstić information content (AvgIpc) is 2.55. The van der Waals surface area contributed by atoms with E-state index in [-0.39, 0.29) is 12.1 Å². The van der Waals surface area contributed by atoms with E-state index in [1.54, 1.807) is 7.05 Å². The second kappa shape index (κ2) is 8.82. The van der Waals surface area contributed by atoms with Gasteiger partial charge in [0.25, 0.3) is 0 Å². The molecule has 1 aliphatic rings. The molecule has 1 aliphatic heterocycles. The normalized spacial score (nSPS) is 19.7. The van der Waals surface area contributed by atoms with Gasteiger partial charge >= 0.3 is 0 Å². The molecule has 0 bridgehead atoms. The van der Waals surface area contributed by atoms with E-state index >= 15 is 0 Å². The van der Waals surface area contributed by atoms with Crippen molar-refractivity contribution in [3.63, 3.8) is 0 Å². The van der Waals surface area contributed by atoms with Crippen molar-refractivity contribution < 1.29 is 8.78 Å². The molecule has 2 rings (SSSR count). The quantitative estimate of drug-likeness (QED) is 0.646. The van der Waals surface area contributed by atoms with Crippen molar-refractivity contribution in [2.45, 2.75) is 38.8 Å². The molecule has 2 N–H and O–H groups in total. The zero-order valence-electron chi connectivity index (χ0n) is 13.9. The van der Waals surface area contributed by atoms with Crippen LogP contribution in [0.1, 0.15) is 31.7 Å². The summed E-state index contributed by atoms with van der Waals surface area (Å²) in [4.78, 5) is 6.58. The van der Waals surface area contributed by atoms with Gasteiger partial charge in [0.05, 0.1) is 0 Å². The molecule has 1 aromatic rings. The molecule has 1 unspecified atom stereocenters. The predicted molar refractivity (Wildman–Crippen MR) is 89.4 cm³/mol. The molecule has 1 heterocycles. The van der Waals surface area contributed by atoms with Gasteiger partial charge in [0.1, 0.15) is 11.6 Å². The van der Waals surface area contributed by atoms with Gasteiger partial charge in [0, 0.05) is 38.3 Å². The first kappa shape index (κ1) is 17.7. The van der Waals surface area contributed by atoms with E-state index in [1.807, 2.05) is 0 Å². The molecule has 4 nitrogen and oxygen atoms in total. The van der Waals surface area contributed by atoms with Gasteiger partial charge in [-0.1, -0.05) is 6.42 Å². The topological polar surface area (TPSA) is 39.7 Å². The second-order valence-corrected chi connectivity index (χ2v) is 5.97. The molecule has 0 radical (unpaired) electrons. The summed E-state index contributed by atoms with van der Waals surface area (Å²) in [5, 5.41) is 6.24. The number of aliphatic imine (C=N–C) groups is 1. The van der Waals surface area contributed by atoms with Crippen LogP contribution in [0, 0.1) is 11.6 Å². The summed E-state index contributed by atoms with van der Waals surface area (Å²) in [6, 6.07) is 4.08. The molecule has 128 valence electrons. The number of hydrogen-bond donors (Lipinski definition) is 2. The van der Waals surface area contributed by atoms with Crippen molar-refractivity contribution in [3.8, 4) is 0 Å². The zero-order chi connectivity index (χ0) is 16.7. The molecular formula is C17H26F2N4. The molecule has 0 amide bonds. The first-order valence-electron chi connectivity index (χ1n) is 8.22. The Morgan fingerprint density at radius 3 is 2.87 bits per heavy atom. The van der Waals surface area contributed by atoms with Crippen LogP contribution in [0.4, 0.5) is 8.78 Å². The van der Waals surface area contributed by atoms with Crippen molar-refractivity contribution in [1.82, 2.24) is 15.5 Å². The summed E-state index contributed by atoms with van der Waals surface area (Å²) in [6.07, 6.45) is 3.83. The first-order valence-corrected chi connectivity index (χ1v) is 8.22. The summed E-state index contributed by atoms with van der Waals surface area (Å²) in [7, 11) is 1.67. The molecule has 0 spiro atoms. The Hall–Kier alpha value is -1.69. The molecule has 0 aliphatic carbocycles. The van der Waals surface area contributed by atoms with E-state index in [4.69, 9.17) is 0 Å².